The Kier molecular flexibility index (Phi) is 5.88. The highest BCUT2D eigenvalue weighted by molar-refractivity contribution is 8.32. The van der Waals surface area contributed by atoms with Crippen molar-refractivity contribution in [2.75, 3.05) is 12.5 Å². The summed E-state index contributed by atoms with van der Waals surface area (Å²) in [6.45, 7) is 7.69. The van der Waals surface area contributed by atoms with Crippen LogP contribution in [0.15, 0.2) is 64.4 Å². The lowest BCUT2D eigenvalue weighted by atomic mass is 9.77. The molecule has 35 heavy (non-hydrogen) atoms. The second-order valence-corrected chi connectivity index (χ2v) is 13.6. The molecule has 0 aromatic heterocycles. The highest BCUT2D eigenvalue weighted by Crippen LogP contribution is 2.68. The van der Waals surface area contributed by atoms with Gasteiger partial charge in [0.25, 0.3) is 6.47 Å². The van der Waals surface area contributed by atoms with E-state index in [0.29, 0.717) is 28.7 Å². The molecule has 4 rings (SSSR count). The zero-order chi connectivity index (χ0) is 25.8. The quantitative estimate of drug-likeness (QED) is 0.361. The Morgan fingerprint density at radius 1 is 0.886 bits per heavy atom. The van der Waals surface area contributed by atoms with E-state index in [1.807, 2.05) is 6.92 Å². The maximum Gasteiger partial charge on any atom is 0.338 e. The van der Waals surface area contributed by atoms with Gasteiger partial charge >= 0.3 is 5.97 Å². The third-order valence-corrected chi connectivity index (χ3v) is 9.14. The van der Waals surface area contributed by atoms with E-state index in [9.17, 15) is 19.8 Å². The van der Waals surface area contributed by atoms with Crippen LogP contribution in [-0.4, -0.2) is 40.8 Å². The highest BCUT2D eigenvalue weighted by atomic mass is 32.3. The lowest BCUT2D eigenvalue weighted by Crippen LogP contribution is -2.38. The number of phenolic OH excluding ortho intramolecular Hbond substituents is 2. The zero-order valence-electron chi connectivity index (χ0n) is 20.7. The van der Waals surface area contributed by atoms with Gasteiger partial charge in [0, 0.05) is 26.5 Å². The van der Waals surface area contributed by atoms with Crippen LogP contribution in [0.2, 0.25) is 0 Å². The van der Waals surface area contributed by atoms with Crippen LogP contribution in [0.1, 0.15) is 53.4 Å². The Balaban J connectivity index is 2.10. The summed E-state index contributed by atoms with van der Waals surface area (Å²) in [5.74, 6) is -0.307. The van der Waals surface area contributed by atoms with Gasteiger partial charge in [-0.25, -0.2) is 4.79 Å². The normalized spacial score (nSPS) is 16.4. The van der Waals surface area contributed by atoms with Crippen LogP contribution in [0, 0.1) is 6.92 Å². The fourth-order valence-corrected chi connectivity index (χ4v) is 7.32. The van der Waals surface area contributed by atoms with E-state index in [1.54, 1.807) is 75.4 Å². The number of carbonyl (C=O) groups excluding carboxylic acids is 2. The Hall–Kier alpha value is -3.45. The number of rotatable bonds is 4. The summed E-state index contributed by atoms with van der Waals surface area (Å²) in [7, 11) is -1.71. The number of hydrogen-bond donors (Lipinski definition) is 2. The average molecular weight is 495 g/mol. The number of fused-ring (bicyclic) bond motifs is 2. The second-order valence-electron chi connectivity index (χ2n) is 10.1. The number of aryl methyl sites for hydroxylation is 1. The Morgan fingerprint density at radius 2 is 1.43 bits per heavy atom. The van der Waals surface area contributed by atoms with Crippen molar-refractivity contribution in [3.05, 3.63) is 82.4 Å². The molecule has 1 heterocycles. The van der Waals surface area contributed by atoms with Gasteiger partial charge in [0.15, 0.2) is 5.60 Å². The number of esters is 1. The van der Waals surface area contributed by atoms with Crippen LogP contribution >= 0.6 is 10.0 Å². The molecule has 0 saturated heterocycles. The Labute approximate surface area is 206 Å². The predicted octanol–water partition coefficient (Wildman–Crippen LogP) is 5.62. The molecule has 0 radical (unpaired) electrons. The first kappa shape index (κ1) is 24.7. The van der Waals surface area contributed by atoms with Gasteiger partial charge in [-0.1, -0.05) is 6.07 Å². The highest BCUT2D eigenvalue weighted by Gasteiger charge is 2.50. The lowest BCUT2D eigenvalue weighted by Gasteiger charge is -2.48. The smallest absolute Gasteiger partial charge is 0.338 e. The Bertz CT molecular complexity index is 1280. The molecular weight excluding hydrogens is 464 g/mol. The topological polar surface area (TPSA) is 93.1 Å². The first-order chi connectivity index (χ1) is 16.3. The van der Waals surface area contributed by atoms with Crippen LogP contribution in [-0.2, 0) is 19.9 Å². The van der Waals surface area contributed by atoms with E-state index in [0.717, 1.165) is 15.4 Å². The Morgan fingerprint density at radius 3 is 1.91 bits per heavy atom. The van der Waals surface area contributed by atoms with Crippen molar-refractivity contribution in [3.8, 4) is 11.5 Å². The van der Waals surface area contributed by atoms with Gasteiger partial charge in [0.1, 0.15) is 17.1 Å². The first-order valence-electron chi connectivity index (χ1n) is 11.2. The molecule has 0 saturated carbocycles. The van der Waals surface area contributed by atoms with Crippen molar-refractivity contribution in [2.24, 2.45) is 0 Å². The van der Waals surface area contributed by atoms with Gasteiger partial charge in [-0.05, 0) is 94.3 Å². The maximum atomic E-state index is 13.0. The van der Waals surface area contributed by atoms with Crippen molar-refractivity contribution in [1.82, 2.24) is 0 Å². The van der Waals surface area contributed by atoms with Crippen molar-refractivity contribution in [3.63, 3.8) is 0 Å². The SMILES string of the molecule is Cc1ccc(C(=O)OC(C)(C)C)cc1C1(OC=O)c2ccc(O)cc2S(C)(C)c2cc(O)ccc21. The summed E-state index contributed by atoms with van der Waals surface area (Å²) >= 11 is 0. The minimum absolute atomic E-state index is 0.0900. The number of phenols is 2. The molecule has 0 bridgehead atoms. The van der Waals surface area contributed by atoms with E-state index in [4.69, 9.17) is 9.47 Å². The van der Waals surface area contributed by atoms with Crippen molar-refractivity contribution >= 4 is 22.5 Å². The molecule has 0 fully saturated rings. The lowest BCUT2D eigenvalue weighted by molar-refractivity contribution is -0.137. The zero-order valence-corrected chi connectivity index (χ0v) is 21.5. The van der Waals surface area contributed by atoms with E-state index in [2.05, 4.69) is 12.5 Å². The summed E-state index contributed by atoms with van der Waals surface area (Å²) in [5.41, 5.74) is 1.04. The summed E-state index contributed by atoms with van der Waals surface area (Å²) in [4.78, 5) is 26.7. The third-order valence-electron chi connectivity index (χ3n) is 6.26. The summed E-state index contributed by atoms with van der Waals surface area (Å²) in [6.07, 6.45) is 4.14. The van der Waals surface area contributed by atoms with E-state index in [1.165, 1.54) is 0 Å². The average Bonchev–Trinajstić information content (AvgIpc) is 2.76. The van der Waals surface area contributed by atoms with E-state index < -0.39 is 27.2 Å². The van der Waals surface area contributed by atoms with E-state index in [-0.39, 0.29) is 11.5 Å². The molecule has 0 unspecified atom stereocenters. The van der Waals surface area contributed by atoms with Crippen molar-refractivity contribution in [2.45, 2.75) is 48.7 Å². The predicted molar refractivity (Wildman–Crippen MR) is 136 cm³/mol. The molecule has 1 aliphatic heterocycles. The maximum absolute atomic E-state index is 13.0. The molecule has 3 aromatic carbocycles. The van der Waals surface area contributed by atoms with Gasteiger partial charge in [0.05, 0.1) is 5.56 Å². The molecular formula is C28H30O6S. The van der Waals surface area contributed by atoms with Crippen molar-refractivity contribution < 1.29 is 29.3 Å². The number of hydrogen-bond acceptors (Lipinski definition) is 6. The number of benzene rings is 3. The molecule has 7 heteroatoms. The monoisotopic (exact) mass is 494 g/mol. The number of aromatic hydroxyl groups is 2. The summed E-state index contributed by atoms with van der Waals surface area (Å²) in [5, 5.41) is 20.7. The van der Waals surface area contributed by atoms with Crippen LogP contribution in [0.3, 0.4) is 0 Å². The number of ether oxygens (including phenoxy) is 2. The molecule has 0 aliphatic carbocycles. The molecule has 6 nitrogen and oxygen atoms in total. The van der Waals surface area contributed by atoms with Crippen LogP contribution in [0.4, 0.5) is 0 Å². The van der Waals surface area contributed by atoms with E-state index >= 15 is 0 Å². The van der Waals surface area contributed by atoms with Gasteiger partial charge in [-0.2, -0.15) is 10.0 Å². The van der Waals surface area contributed by atoms with Gasteiger partial charge in [-0.3, -0.25) is 4.79 Å². The minimum atomic E-state index is -1.71. The number of carbonyl (C=O) groups is 2. The van der Waals surface area contributed by atoms with Gasteiger partial charge in [0.2, 0.25) is 0 Å². The largest absolute Gasteiger partial charge is 0.508 e. The molecule has 2 N–H and O–H groups in total. The summed E-state index contributed by atoms with van der Waals surface area (Å²) in [6, 6.07) is 15.2. The fraction of sp³-hybridized carbons (Fsp3) is 0.286. The molecule has 3 aromatic rings. The van der Waals surface area contributed by atoms with Crippen molar-refractivity contribution in [1.29, 1.82) is 0 Å². The molecule has 0 atom stereocenters. The second kappa shape index (κ2) is 8.34. The van der Waals surface area contributed by atoms with Crippen LogP contribution in [0.5, 0.6) is 11.5 Å². The first-order valence-corrected chi connectivity index (χ1v) is 13.6. The molecule has 0 amide bonds. The summed E-state index contributed by atoms with van der Waals surface area (Å²) < 4.78 is 11.6. The molecule has 0 spiro atoms. The van der Waals surface area contributed by atoms with Gasteiger partial charge < -0.3 is 19.7 Å². The standard InChI is InChI=1S/C28H30O6S/c1-17-7-8-18(26(32)34-27(2,3)4)13-23(17)28(33-16-29)21-11-9-19(30)14-24(21)35(5,6)25-15-20(31)10-12-22(25)28/h7-16,30-31H,1-6H3. The third kappa shape index (κ3) is 4.04. The minimum Gasteiger partial charge on any atom is -0.508 e. The van der Waals surface area contributed by atoms with Crippen LogP contribution < -0.4 is 0 Å². The fourth-order valence-electron chi connectivity index (χ4n) is 4.73. The van der Waals surface area contributed by atoms with Crippen LogP contribution in [0.25, 0.3) is 0 Å². The molecule has 1 aliphatic rings. The van der Waals surface area contributed by atoms with Gasteiger partial charge in [-0.15, -0.1) is 0 Å². The molecule has 184 valence electrons.